The number of hydrogen-bond donors (Lipinski definition) is 1. The van der Waals surface area contributed by atoms with Crippen molar-refractivity contribution in [2.24, 2.45) is 7.05 Å². The van der Waals surface area contributed by atoms with Crippen LogP contribution < -0.4 is 15.0 Å². The molecule has 0 spiro atoms. The zero-order chi connectivity index (χ0) is 20.3. The standard InChI is InChI=1S/C20H20ClFN4O2/c1-13-10-16(25(2)24-13)12-26(15-5-7-17(28-3)8-6-15)20(27)23-14-4-9-19(22)18(21)11-14/h4-11H,12H2,1-3H3,(H,23,27). The quantitative estimate of drug-likeness (QED) is 0.668. The summed E-state index contributed by atoms with van der Waals surface area (Å²) in [7, 11) is 3.41. The van der Waals surface area contributed by atoms with E-state index in [1.165, 1.54) is 18.2 Å². The molecule has 0 aliphatic carbocycles. The number of carbonyl (C=O) groups is 1. The van der Waals surface area contributed by atoms with Crippen LogP contribution in [0, 0.1) is 12.7 Å². The Morgan fingerprint density at radius 1 is 1.25 bits per heavy atom. The van der Waals surface area contributed by atoms with Crippen molar-refractivity contribution in [2.45, 2.75) is 13.5 Å². The number of nitrogens with one attached hydrogen (secondary N) is 1. The Morgan fingerprint density at radius 2 is 1.96 bits per heavy atom. The minimum absolute atomic E-state index is 0.0592. The van der Waals surface area contributed by atoms with E-state index < -0.39 is 5.82 Å². The summed E-state index contributed by atoms with van der Waals surface area (Å²) in [5.74, 6) is 0.142. The van der Waals surface area contributed by atoms with Crippen LogP contribution in [0.3, 0.4) is 0 Å². The van der Waals surface area contributed by atoms with Gasteiger partial charge in [0.1, 0.15) is 11.6 Å². The van der Waals surface area contributed by atoms with Gasteiger partial charge in [0.25, 0.3) is 0 Å². The van der Waals surface area contributed by atoms with Crippen LogP contribution in [0.1, 0.15) is 11.4 Å². The summed E-state index contributed by atoms with van der Waals surface area (Å²) in [6, 6.07) is 12.7. The molecule has 2 aromatic carbocycles. The lowest BCUT2D eigenvalue weighted by Crippen LogP contribution is -2.35. The van der Waals surface area contributed by atoms with Gasteiger partial charge in [-0.3, -0.25) is 9.58 Å². The first-order valence-corrected chi connectivity index (χ1v) is 8.92. The molecule has 1 N–H and O–H groups in total. The summed E-state index contributed by atoms with van der Waals surface area (Å²) < 4.78 is 20.3. The van der Waals surface area contributed by atoms with Crippen LogP contribution >= 0.6 is 11.6 Å². The molecule has 3 rings (SSSR count). The topological polar surface area (TPSA) is 59.4 Å². The van der Waals surface area contributed by atoms with Gasteiger partial charge in [0, 0.05) is 18.4 Å². The van der Waals surface area contributed by atoms with Crippen molar-refractivity contribution >= 4 is 29.0 Å². The van der Waals surface area contributed by atoms with Crippen molar-refractivity contribution in [3.8, 4) is 5.75 Å². The molecule has 8 heteroatoms. The number of methoxy groups -OCH3 is 1. The fraction of sp³-hybridized carbons (Fsp3) is 0.200. The Hall–Kier alpha value is -3.06. The molecule has 28 heavy (non-hydrogen) atoms. The van der Waals surface area contributed by atoms with Crippen LogP contribution in [0.2, 0.25) is 5.02 Å². The second-order valence-corrected chi connectivity index (χ2v) is 6.65. The lowest BCUT2D eigenvalue weighted by molar-refractivity contribution is 0.256. The molecule has 0 saturated heterocycles. The molecule has 0 radical (unpaired) electrons. The number of halogens is 2. The van der Waals surface area contributed by atoms with Crippen molar-refractivity contribution < 1.29 is 13.9 Å². The van der Waals surface area contributed by atoms with Gasteiger partial charge in [-0.05, 0) is 55.5 Å². The van der Waals surface area contributed by atoms with Gasteiger partial charge in [-0.15, -0.1) is 0 Å². The molecule has 6 nitrogen and oxygen atoms in total. The number of rotatable bonds is 5. The molecule has 0 aliphatic heterocycles. The van der Waals surface area contributed by atoms with Gasteiger partial charge >= 0.3 is 6.03 Å². The predicted octanol–water partition coefficient (Wildman–Crippen LogP) is 4.77. The van der Waals surface area contributed by atoms with E-state index in [2.05, 4.69) is 10.4 Å². The largest absolute Gasteiger partial charge is 0.497 e. The van der Waals surface area contributed by atoms with Crippen LogP contribution in [0.15, 0.2) is 48.5 Å². The zero-order valence-corrected chi connectivity index (χ0v) is 16.5. The van der Waals surface area contributed by atoms with E-state index in [1.807, 2.05) is 20.0 Å². The third-order valence-corrected chi connectivity index (χ3v) is 4.51. The van der Waals surface area contributed by atoms with Gasteiger partial charge in [-0.25, -0.2) is 9.18 Å². The number of anilines is 2. The van der Waals surface area contributed by atoms with E-state index in [4.69, 9.17) is 16.3 Å². The molecule has 2 amide bonds. The minimum Gasteiger partial charge on any atom is -0.497 e. The van der Waals surface area contributed by atoms with E-state index in [0.29, 0.717) is 23.7 Å². The average molecular weight is 403 g/mol. The Bertz CT molecular complexity index is 988. The monoisotopic (exact) mass is 402 g/mol. The number of aromatic nitrogens is 2. The number of benzene rings is 2. The fourth-order valence-electron chi connectivity index (χ4n) is 2.78. The van der Waals surface area contributed by atoms with Crippen LogP contribution in [0.4, 0.5) is 20.6 Å². The fourth-order valence-corrected chi connectivity index (χ4v) is 2.96. The third kappa shape index (κ3) is 4.43. The maximum absolute atomic E-state index is 13.4. The minimum atomic E-state index is -0.544. The molecular formula is C20H20ClFN4O2. The molecular weight excluding hydrogens is 383 g/mol. The van der Waals surface area contributed by atoms with Crippen LogP contribution in [0.25, 0.3) is 0 Å². The SMILES string of the molecule is COc1ccc(N(Cc2cc(C)nn2C)C(=O)Nc2ccc(F)c(Cl)c2)cc1. The van der Waals surface area contributed by atoms with Crippen LogP contribution in [-0.4, -0.2) is 22.9 Å². The summed E-state index contributed by atoms with van der Waals surface area (Å²) in [6.45, 7) is 2.19. The summed E-state index contributed by atoms with van der Waals surface area (Å²) in [6.07, 6.45) is 0. The third-order valence-electron chi connectivity index (χ3n) is 4.22. The molecule has 1 heterocycles. The number of nitrogens with zero attached hydrogens (tertiary/aromatic N) is 3. The number of amides is 2. The maximum atomic E-state index is 13.4. The van der Waals surface area contributed by atoms with Gasteiger partial charge in [0.15, 0.2) is 0 Å². The van der Waals surface area contributed by atoms with Crippen molar-refractivity contribution in [1.29, 1.82) is 0 Å². The summed E-state index contributed by atoms with van der Waals surface area (Å²) >= 11 is 5.82. The number of aryl methyl sites for hydroxylation is 2. The number of carbonyl (C=O) groups excluding carboxylic acids is 1. The average Bonchev–Trinajstić information content (AvgIpc) is 2.99. The van der Waals surface area contributed by atoms with E-state index in [9.17, 15) is 9.18 Å². The van der Waals surface area contributed by atoms with E-state index in [0.717, 1.165) is 11.4 Å². The Morgan fingerprint density at radius 3 is 2.54 bits per heavy atom. The summed E-state index contributed by atoms with van der Waals surface area (Å²) in [5.41, 5.74) is 2.79. The second kappa shape index (κ2) is 8.31. The maximum Gasteiger partial charge on any atom is 0.326 e. The Balaban J connectivity index is 1.90. The normalized spacial score (nSPS) is 10.6. The smallest absolute Gasteiger partial charge is 0.326 e. The lowest BCUT2D eigenvalue weighted by Gasteiger charge is -2.23. The molecule has 146 valence electrons. The van der Waals surface area contributed by atoms with Gasteiger partial charge < -0.3 is 10.1 Å². The number of urea groups is 1. The zero-order valence-electron chi connectivity index (χ0n) is 15.7. The van der Waals surface area contributed by atoms with Crippen molar-refractivity contribution in [3.05, 3.63) is 70.8 Å². The van der Waals surface area contributed by atoms with Gasteiger partial charge in [0.2, 0.25) is 0 Å². The highest BCUT2D eigenvalue weighted by atomic mass is 35.5. The lowest BCUT2D eigenvalue weighted by atomic mass is 10.2. The molecule has 0 bridgehead atoms. The highest BCUT2D eigenvalue weighted by molar-refractivity contribution is 6.31. The molecule has 3 aromatic rings. The summed E-state index contributed by atoms with van der Waals surface area (Å²) in [4.78, 5) is 14.6. The van der Waals surface area contributed by atoms with Gasteiger partial charge in [0.05, 0.1) is 30.1 Å². The van der Waals surface area contributed by atoms with Crippen LogP contribution in [0.5, 0.6) is 5.75 Å². The number of ether oxygens (including phenoxy) is 1. The van der Waals surface area contributed by atoms with Crippen molar-refractivity contribution in [3.63, 3.8) is 0 Å². The summed E-state index contributed by atoms with van der Waals surface area (Å²) in [5, 5.41) is 7.03. The second-order valence-electron chi connectivity index (χ2n) is 6.24. The first-order valence-electron chi connectivity index (χ1n) is 8.54. The van der Waals surface area contributed by atoms with Gasteiger partial charge in [-0.1, -0.05) is 11.6 Å². The highest BCUT2D eigenvalue weighted by Crippen LogP contribution is 2.24. The molecule has 0 unspecified atom stereocenters. The van der Waals surface area contributed by atoms with Crippen LogP contribution in [-0.2, 0) is 13.6 Å². The van der Waals surface area contributed by atoms with Crippen molar-refractivity contribution in [2.75, 3.05) is 17.3 Å². The molecule has 1 aromatic heterocycles. The van der Waals surface area contributed by atoms with E-state index in [1.54, 1.807) is 41.0 Å². The molecule has 0 saturated carbocycles. The first-order chi connectivity index (χ1) is 13.4. The highest BCUT2D eigenvalue weighted by Gasteiger charge is 2.19. The van der Waals surface area contributed by atoms with Crippen molar-refractivity contribution in [1.82, 2.24) is 9.78 Å². The number of hydrogen-bond acceptors (Lipinski definition) is 3. The van der Waals surface area contributed by atoms with Gasteiger partial charge in [-0.2, -0.15) is 5.10 Å². The Kier molecular flexibility index (Phi) is 5.84. The Labute approximate surface area is 167 Å². The van der Waals surface area contributed by atoms with E-state index >= 15 is 0 Å². The molecule has 0 aliphatic rings. The molecule has 0 atom stereocenters. The first kappa shape index (κ1) is 19.7. The van der Waals surface area contributed by atoms with E-state index in [-0.39, 0.29) is 11.1 Å². The molecule has 0 fully saturated rings. The predicted molar refractivity (Wildman–Crippen MR) is 108 cm³/mol.